The molecule has 0 bridgehead atoms. The monoisotopic (exact) mass is 728 g/mol. The first kappa shape index (κ1) is 38.2. The van der Waals surface area contributed by atoms with Crippen LogP contribution in [-0.4, -0.2) is 94.5 Å². The minimum absolute atomic E-state index is 0. The minimum atomic E-state index is -1.38. The van der Waals surface area contributed by atoms with Gasteiger partial charge in [-0.05, 0) is 74.0 Å². The summed E-state index contributed by atoms with van der Waals surface area (Å²) in [6, 6.07) is 10.8. The van der Waals surface area contributed by atoms with Crippen LogP contribution in [0.3, 0.4) is 0 Å². The molecule has 6 aromatic rings. The molecule has 0 spiro atoms. The first-order chi connectivity index (χ1) is 23.1. The van der Waals surface area contributed by atoms with Crippen LogP contribution in [0.4, 0.5) is 0 Å². The molecule has 2 atom stereocenters. The van der Waals surface area contributed by atoms with Crippen LogP contribution in [0.5, 0.6) is 23.0 Å². The summed E-state index contributed by atoms with van der Waals surface area (Å²) in [7, 11) is 3.66. The minimum Gasteiger partial charge on any atom is -0.497 e. The average molecular weight is 729 g/mol. The molecule has 4 aromatic heterocycles. The first-order valence-electron chi connectivity index (χ1n) is 14.8. The second-order valence-electron chi connectivity index (χ2n) is 10.8. The van der Waals surface area contributed by atoms with Crippen LogP contribution in [0.15, 0.2) is 59.1 Å². The van der Waals surface area contributed by atoms with Gasteiger partial charge in [0.15, 0.2) is 0 Å². The van der Waals surface area contributed by atoms with E-state index >= 15 is 0 Å². The molecular formula is C34H36CaN6O6S2. The molecule has 49 heavy (non-hydrogen) atoms. The molecule has 0 unspecified atom stereocenters. The van der Waals surface area contributed by atoms with Gasteiger partial charge < -0.3 is 38.9 Å². The average Bonchev–Trinajstić information content (AvgIpc) is 3.72. The van der Waals surface area contributed by atoms with Gasteiger partial charge in [-0.1, -0.05) is 12.1 Å². The van der Waals surface area contributed by atoms with Crippen molar-refractivity contribution in [2.75, 3.05) is 28.4 Å². The summed E-state index contributed by atoms with van der Waals surface area (Å²) in [6.45, 7) is 7.69. The van der Waals surface area contributed by atoms with Crippen molar-refractivity contribution in [3.05, 3.63) is 82.4 Å². The van der Waals surface area contributed by atoms with Crippen molar-refractivity contribution < 1.29 is 27.4 Å². The normalized spacial score (nSPS) is 12.1. The molecule has 0 aliphatic rings. The molecule has 0 saturated heterocycles. The van der Waals surface area contributed by atoms with Crippen molar-refractivity contribution in [2.24, 2.45) is 0 Å². The van der Waals surface area contributed by atoms with E-state index in [9.17, 15) is 8.42 Å². The topological polar surface area (TPSA) is 151 Å². The van der Waals surface area contributed by atoms with Gasteiger partial charge >= 0.3 is 37.7 Å². The van der Waals surface area contributed by atoms with Gasteiger partial charge in [0.2, 0.25) is 0 Å². The van der Waals surface area contributed by atoms with Crippen LogP contribution < -0.4 is 28.9 Å². The molecule has 0 radical (unpaired) electrons. The third-order valence-corrected chi connectivity index (χ3v) is 9.92. The molecule has 0 N–H and O–H groups in total. The summed E-state index contributed by atoms with van der Waals surface area (Å²) >= 11 is 0. The molecule has 252 valence electrons. The van der Waals surface area contributed by atoms with E-state index in [0.29, 0.717) is 43.9 Å². The maximum absolute atomic E-state index is 12.6. The molecule has 12 nitrogen and oxygen atoms in total. The Hall–Kier alpha value is -3.56. The predicted octanol–water partition coefficient (Wildman–Crippen LogP) is 4.68. The number of rotatable bonds is 10. The summed E-state index contributed by atoms with van der Waals surface area (Å²) in [4.78, 5) is 26.2. The maximum Gasteiger partial charge on any atom is 2.00 e. The largest absolute Gasteiger partial charge is 2.00 e. The van der Waals surface area contributed by atoms with Gasteiger partial charge in [-0.3, -0.25) is 18.4 Å². The zero-order valence-electron chi connectivity index (χ0n) is 28.7. The Labute approximate surface area is 319 Å². The molecule has 0 aliphatic heterocycles. The molecular weight excluding hydrogens is 693 g/mol. The third-order valence-electron chi connectivity index (χ3n) is 7.67. The number of nitrogens with zero attached hydrogens (tertiary/aromatic N) is 6. The Bertz CT molecular complexity index is 2000. The summed E-state index contributed by atoms with van der Waals surface area (Å²) in [6.07, 6.45) is 3.46. The van der Waals surface area contributed by atoms with E-state index in [1.165, 1.54) is 0 Å². The third kappa shape index (κ3) is 8.61. The molecule has 15 heteroatoms. The van der Waals surface area contributed by atoms with Crippen LogP contribution in [0.25, 0.3) is 22.1 Å². The fourth-order valence-electron chi connectivity index (χ4n) is 5.11. The van der Waals surface area contributed by atoms with Crippen molar-refractivity contribution in [1.82, 2.24) is 29.9 Å². The molecule has 4 heterocycles. The van der Waals surface area contributed by atoms with Gasteiger partial charge in [0, 0.05) is 45.0 Å². The summed E-state index contributed by atoms with van der Waals surface area (Å²) < 4.78 is 46.4. The van der Waals surface area contributed by atoms with E-state index in [1.807, 2.05) is 27.7 Å². The Morgan fingerprint density at radius 3 is 1.35 bits per heavy atom. The summed E-state index contributed by atoms with van der Waals surface area (Å²) in [5.41, 5.74) is 7.87. The van der Waals surface area contributed by atoms with E-state index in [2.05, 4.69) is 29.9 Å². The number of methoxy groups -OCH3 is 4. The number of ether oxygens (including phenoxy) is 4. The number of aromatic nitrogens is 6. The fourth-order valence-corrected chi connectivity index (χ4v) is 7.24. The molecule has 0 amide bonds. The Morgan fingerprint density at radius 2 is 1.00 bits per heavy atom. The van der Waals surface area contributed by atoms with Crippen LogP contribution in [-0.2, 0) is 33.1 Å². The van der Waals surface area contributed by atoms with Gasteiger partial charge in [0.05, 0.1) is 72.9 Å². The van der Waals surface area contributed by atoms with Gasteiger partial charge in [0.1, 0.15) is 23.0 Å². The maximum atomic E-state index is 12.6. The Morgan fingerprint density at radius 1 is 0.612 bits per heavy atom. The second-order valence-corrected chi connectivity index (χ2v) is 13.5. The van der Waals surface area contributed by atoms with Crippen molar-refractivity contribution in [3.63, 3.8) is 0 Å². The van der Waals surface area contributed by atoms with Crippen LogP contribution in [0.2, 0.25) is 0 Å². The van der Waals surface area contributed by atoms with Crippen molar-refractivity contribution in [3.8, 4) is 23.0 Å². The number of benzene rings is 2. The zero-order chi connectivity index (χ0) is 34.5. The number of hydrogen-bond acceptors (Lipinski definition) is 10. The van der Waals surface area contributed by atoms with E-state index in [-0.39, 0.29) is 49.2 Å². The number of imidazole rings is 2. The first-order valence-corrected chi connectivity index (χ1v) is 17.4. The van der Waals surface area contributed by atoms with Gasteiger partial charge in [0.25, 0.3) is 0 Å². The van der Waals surface area contributed by atoms with Gasteiger partial charge in [-0.15, -0.1) is 0 Å². The van der Waals surface area contributed by atoms with E-state index in [0.717, 1.165) is 45.1 Å². The van der Waals surface area contributed by atoms with E-state index in [4.69, 9.17) is 18.9 Å². The zero-order valence-corrected chi connectivity index (χ0v) is 32.5. The molecule has 6 rings (SSSR count). The number of pyridine rings is 2. The van der Waals surface area contributed by atoms with Gasteiger partial charge in [-0.2, -0.15) is 0 Å². The van der Waals surface area contributed by atoms with E-state index < -0.39 is 21.6 Å². The quantitative estimate of drug-likeness (QED) is 0.180. The van der Waals surface area contributed by atoms with Crippen molar-refractivity contribution in [2.45, 2.75) is 49.5 Å². The Kier molecular flexibility index (Phi) is 13.2. The fraction of sp³-hybridized carbons (Fsp3) is 0.294. The van der Waals surface area contributed by atoms with E-state index in [1.54, 1.807) is 77.2 Å². The molecule has 0 saturated carbocycles. The standard InChI is InChI=1S/2C17H18N3O3S.Ca/c2*1-10-8-18-15(11(2)16(10)23-4)9-24(21)17-19-13-6-5-12(22-3)7-14(13)20-17;/h2*5-8H,9H2,1-4H3;/q2*-1;+2/t2*24-;/m11./s1. The SMILES string of the molecule is COc1ccc2[n-]c([S@](=O)Cc3ncc(C)c(OC)c3C)nc2c1.COc1ccc2[n-]c([S@](=O)Cc3ncc(C)c(OC)c3C)nc2c1.[Ca+2]. The summed E-state index contributed by atoms with van der Waals surface area (Å²) in [5, 5.41) is 0.609. The Balaban J connectivity index is 0.000000216. The van der Waals surface area contributed by atoms with Crippen molar-refractivity contribution in [1.29, 1.82) is 0 Å². The number of hydrogen-bond donors (Lipinski definition) is 0. The van der Waals surface area contributed by atoms with Crippen LogP contribution in [0.1, 0.15) is 33.6 Å². The van der Waals surface area contributed by atoms with Crippen LogP contribution in [0, 0.1) is 27.7 Å². The molecule has 0 aliphatic carbocycles. The second kappa shape index (κ2) is 16.9. The molecule has 2 aromatic carbocycles. The smallest absolute Gasteiger partial charge is 0.497 e. The van der Waals surface area contributed by atoms with Crippen LogP contribution >= 0.6 is 0 Å². The van der Waals surface area contributed by atoms with Crippen molar-refractivity contribution >= 4 is 81.4 Å². The number of fused-ring (bicyclic) bond motifs is 2. The molecule has 0 fully saturated rings. The summed E-state index contributed by atoms with van der Waals surface area (Å²) in [5.74, 6) is 3.43. The predicted molar refractivity (Wildman–Crippen MR) is 190 cm³/mol. The van der Waals surface area contributed by atoms with Gasteiger partial charge in [-0.25, -0.2) is 0 Å². The number of aryl methyl sites for hydroxylation is 2.